The zero-order valence-electron chi connectivity index (χ0n) is 13.3. The second kappa shape index (κ2) is 5.84. The molecule has 1 aliphatic heterocycles. The molecule has 0 aromatic heterocycles. The Bertz CT molecular complexity index is 530. The van der Waals surface area contributed by atoms with E-state index < -0.39 is 23.7 Å². The van der Waals surface area contributed by atoms with E-state index in [1.807, 2.05) is 0 Å². The Labute approximate surface area is 128 Å². The molecule has 124 valence electrons. The first-order valence-corrected chi connectivity index (χ1v) is 7.52. The van der Waals surface area contributed by atoms with Crippen LogP contribution in [0.1, 0.15) is 57.8 Å². The van der Waals surface area contributed by atoms with Gasteiger partial charge in [-0.3, -0.25) is 0 Å². The summed E-state index contributed by atoms with van der Waals surface area (Å²) in [5.74, 6) is -0.652. The summed E-state index contributed by atoms with van der Waals surface area (Å²) >= 11 is 0. The monoisotopic (exact) mass is 318 g/mol. The highest BCUT2D eigenvalue weighted by atomic mass is 19.4. The van der Waals surface area contributed by atoms with E-state index in [0.29, 0.717) is 12.5 Å². The summed E-state index contributed by atoms with van der Waals surface area (Å²) in [7, 11) is 0. The van der Waals surface area contributed by atoms with E-state index in [-0.39, 0.29) is 23.0 Å². The standard InChI is InChI=1S/C17H22F4O/c1-10(16(2,3)4)14-7-8-15(22-14)12-6-5-11(18)9-13(12)17(19,20)21/h5-6,9-10,14-15H,7-8H2,1-4H3/t10-,14-,15+/m0/s1. The van der Waals surface area contributed by atoms with Crippen LogP contribution in [0.3, 0.4) is 0 Å². The predicted molar refractivity (Wildman–Crippen MR) is 76.9 cm³/mol. The van der Waals surface area contributed by atoms with Crippen molar-refractivity contribution in [3.8, 4) is 0 Å². The SMILES string of the molecule is C[C@@H]([C@@H]1CC[C@H](c2ccc(F)cc2C(F)(F)F)O1)C(C)(C)C. The molecule has 1 aromatic rings. The summed E-state index contributed by atoms with van der Waals surface area (Å²) < 4.78 is 58.4. The molecule has 0 bridgehead atoms. The normalized spacial score (nSPS) is 24.5. The van der Waals surface area contributed by atoms with Crippen LogP contribution in [0.25, 0.3) is 0 Å². The van der Waals surface area contributed by atoms with Gasteiger partial charge >= 0.3 is 6.18 Å². The van der Waals surface area contributed by atoms with Crippen molar-refractivity contribution in [3.63, 3.8) is 0 Å². The van der Waals surface area contributed by atoms with Gasteiger partial charge in [-0.2, -0.15) is 13.2 Å². The molecular formula is C17H22F4O. The van der Waals surface area contributed by atoms with Crippen LogP contribution in [-0.2, 0) is 10.9 Å². The van der Waals surface area contributed by atoms with Gasteiger partial charge in [-0.1, -0.05) is 33.8 Å². The van der Waals surface area contributed by atoms with Gasteiger partial charge in [0.15, 0.2) is 0 Å². The summed E-state index contributed by atoms with van der Waals surface area (Å²) in [6.45, 7) is 8.33. The van der Waals surface area contributed by atoms with Crippen molar-refractivity contribution in [1.29, 1.82) is 0 Å². The highest BCUT2D eigenvalue weighted by Crippen LogP contribution is 2.44. The number of hydrogen-bond acceptors (Lipinski definition) is 1. The number of benzene rings is 1. The van der Waals surface area contributed by atoms with E-state index in [1.165, 1.54) is 6.07 Å². The van der Waals surface area contributed by atoms with Crippen LogP contribution in [0.4, 0.5) is 17.6 Å². The lowest BCUT2D eigenvalue weighted by Gasteiger charge is -2.32. The van der Waals surface area contributed by atoms with Gasteiger partial charge in [-0.15, -0.1) is 0 Å². The van der Waals surface area contributed by atoms with Crippen LogP contribution < -0.4 is 0 Å². The first-order valence-electron chi connectivity index (χ1n) is 7.52. The minimum Gasteiger partial charge on any atom is -0.370 e. The zero-order valence-corrected chi connectivity index (χ0v) is 13.3. The van der Waals surface area contributed by atoms with Crippen molar-refractivity contribution in [2.45, 2.75) is 58.9 Å². The third kappa shape index (κ3) is 3.62. The molecule has 1 heterocycles. The van der Waals surface area contributed by atoms with E-state index in [9.17, 15) is 17.6 Å². The molecule has 1 nitrogen and oxygen atoms in total. The number of halogens is 4. The smallest absolute Gasteiger partial charge is 0.370 e. The molecule has 0 unspecified atom stereocenters. The van der Waals surface area contributed by atoms with Crippen LogP contribution in [0, 0.1) is 17.2 Å². The highest BCUT2D eigenvalue weighted by molar-refractivity contribution is 5.32. The van der Waals surface area contributed by atoms with Crippen LogP contribution >= 0.6 is 0 Å². The number of rotatable bonds is 2. The van der Waals surface area contributed by atoms with Crippen molar-refractivity contribution < 1.29 is 22.3 Å². The number of ether oxygens (including phenoxy) is 1. The molecule has 1 saturated heterocycles. The molecule has 3 atom stereocenters. The molecule has 22 heavy (non-hydrogen) atoms. The Balaban J connectivity index is 2.25. The van der Waals surface area contributed by atoms with E-state index in [2.05, 4.69) is 27.7 Å². The van der Waals surface area contributed by atoms with Crippen LogP contribution in [0.15, 0.2) is 18.2 Å². The molecule has 1 fully saturated rings. The maximum atomic E-state index is 13.2. The summed E-state index contributed by atoms with van der Waals surface area (Å²) in [6, 6.07) is 2.82. The molecule has 2 rings (SSSR count). The Hall–Kier alpha value is -1.10. The van der Waals surface area contributed by atoms with E-state index in [0.717, 1.165) is 12.5 Å². The molecule has 0 amide bonds. The minimum absolute atomic E-state index is 0.0230. The second-order valence-corrected chi connectivity index (χ2v) is 7.12. The molecular weight excluding hydrogens is 296 g/mol. The summed E-state index contributed by atoms with van der Waals surface area (Å²) in [5, 5.41) is 0. The van der Waals surface area contributed by atoms with Crippen molar-refractivity contribution in [3.05, 3.63) is 35.1 Å². The van der Waals surface area contributed by atoms with Crippen molar-refractivity contribution >= 4 is 0 Å². The van der Waals surface area contributed by atoms with Gasteiger partial charge in [-0.05, 0) is 41.9 Å². The van der Waals surface area contributed by atoms with Gasteiger partial charge in [-0.25, -0.2) is 4.39 Å². The van der Waals surface area contributed by atoms with Gasteiger partial charge in [0.2, 0.25) is 0 Å². The van der Waals surface area contributed by atoms with Gasteiger partial charge < -0.3 is 4.74 Å². The van der Waals surface area contributed by atoms with Crippen molar-refractivity contribution in [1.82, 2.24) is 0 Å². The topological polar surface area (TPSA) is 9.23 Å². The summed E-state index contributed by atoms with van der Waals surface area (Å²) in [6.07, 6.45) is -4.02. The van der Waals surface area contributed by atoms with Crippen LogP contribution in [0.2, 0.25) is 0 Å². The zero-order chi connectivity index (χ0) is 16.7. The molecule has 1 aromatic carbocycles. The largest absolute Gasteiger partial charge is 0.416 e. The molecule has 0 aliphatic carbocycles. The maximum absolute atomic E-state index is 13.2. The van der Waals surface area contributed by atoms with E-state index in [1.54, 1.807) is 0 Å². The summed E-state index contributed by atoms with van der Waals surface area (Å²) in [4.78, 5) is 0. The molecule has 0 spiro atoms. The fourth-order valence-corrected chi connectivity index (χ4v) is 2.87. The van der Waals surface area contributed by atoms with E-state index in [4.69, 9.17) is 4.74 Å². The lowest BCUT2D eigenvalue weighted by Crippen LogP contribution is -2.29. The lowest BCUT2D eigenvalue weighted by atomic mass is 9.78. The Morgan fingerprint density at radius 1 is 1.14 bits per heavy atom. The van der Waals surface area contributed by atoms with E-state index >= 15 is 0 Å². The van der Waals surface area contributed by atoms with Crippen molar-refractivity contribution in [2.24, 2.45) is 11.3 Å². The second-order valence-electron chi connectivity index (χ2n) is 7.12. The molecule has 1 aliphatic rings. The fraction of sp³-hybridized carbons (Fsp3) is 0.647. The first kappa shape index (κ1) is 17.3. The summed E-state index contributed by atoms with van der Waals surface area (Å²) in [5.41, 5.74) is -0.867. The lowest BCUT2D eigenvalue weighted by molar-refractivity contribution is -0.140. The van der Waals surface area contributed by atoms with Crippen molar-refractivity contribution in [2.75, 3.05) is 0 Å². The molecule has 0 saturated carbocycles. The quantitative estimate of drug-likeness (QED) is 0.631. The van der Waals surface area contributed by atoms with Crippen LogP contribution in [0.5, 0.6) is 0 Å². The third-order valence-corrected chi connectivity index (χ3v) is 4.64. The number of hydrogen-bond donors (Lipinski definition) is 0. The Morgan fingerprint density at radius 3 is 2.32 bits per heavy atom. The van der Waals surface area contributed by atoms with Crippen LogP contribution in [-0.4, -0.2) is 6.10 Å². The van der Waals surface area contributed by atoms with Gasteiger partial charge in [0.25, 0.3) is 0 Å². The fourth-order valence-electron chi connectivity index (χ4n) is 2.87. The Kier molecular flexibility index (Phi) is 4.58. The minimum atomic E-state index is -4.57. The predicted octanol–water partition coefficient (Wildman–Crippen LogP) is 5.75. The molecule has 0 radical (unpaired) electrons. The number of alkyl halides is 3. The van der Waals surface area contributed by atoms with Gasteiger partial charge in [0, 0.05) is 0 Å². The highest BCUT2D eigenvalue weighted by Gasteiger charge is 2.40. The first-order chi connectivity index (χ1) is 10.00. The molecule has 0 N–H and O–H groups in total. The van der Waals surface area contributed by atoms with Gasteiger partial charge in [0.05, 0.1) is 17.8 Å². The maximum Gasteiger partial charge on any atom is 0.416 e. The Morgan fingerprint density at radius 2 is 1.77 bits per heavy atom. The van der Waals surface area contributed by atoms with Gasteiger partial charge in [0.1, 0.15) is 5.82 Å². The molecule has 5 heteroatoms. The average molecular weight is 318 g/mol. The third-order valence-electron chi connectivity index (χ3n) is 4.64. The average Bonchev–Trinajstić information content (AvgIpc) is 2.84.